The molecule has 0 aliphatic rings. The predicted molar refractivity (Wildman–Crippen MR) is 33.5 cm³/mol. The van der Waals surface area contributed by atoms with E-state index in [0.717, 1.165) is 17.0 Å². The van der Waals surface area contributed by atoms with Crippen LogP contribution in [0.4, 0.5) is 4.79 Å². The molecule has 0 saturated carbocycles. The van der Waals surface area contributed by atoms with Crippen LogP contribution in [-0.2, 0) is 0 Å². The maximum atomic E-state index is 10.4. The van der Waals surface area contributed by atoms with Crippen LogP contribution in [-0.4, -0.2) is 15.6 Å². The zero-order chi connectivity index (χ0) is 7.56. The van der Waals surface area contributed by atoms with Crippen molar-refractivity contribution in [2.24, 2.45) is 5.73 Å². The minimum Gasteiger partial charge on any atom is -0.351 e. The van der Waals surface area contributed by atoms with Crippen LogP contribution in [0.25, 0.3) is 0 Å². The van der Waals surface area contributed by atoms with Gasteiger partial charge in [0, 0.05) is 12.3 Å². The summed E-state index contributed by atoms with van der Waals surface area (Å²) >= 11 is 0. The van der Waals surface area contributed by atoms with E-state index in [9.17, 15) is 9.59 Å². The summed E-state index contributed by atoms with van der Waals surface area (Å²) < 4.78 is 1.02. The Morgan fingerprint density at radius 3 is 2.80 bits per heavy atom. The Morgan fingerprint density at radius 2 is 2.40 bits per heavy atom. The summed E-state index contributed by atoms with van der Waals surface area (Å²) in [5.74, 6) is 0. The van der Waals surface area contributed by atoms with Crippen molar-refractivity contribution in [2.75, 3.05) is 0 Å². The van der Waals surface area contributed by atoms with Crippen molar-refractivity contribution in [3.8, 4) is 0 Å². The molecule has 5 nitrogen and oxygen atoms in total. The zero-order valence-corrected chi connectivity index (χ0v) is 5.02. The molecule has 0 saturated heterocycles. The van der Waals surface area contributed by atoms with E-state index < -0.39 is 11.6 Å². The number of carbonyl (C=O) groups is 1. The van der Waals surface area contributed by atoms with E-state index in [2.05, 4.69) is 4.98 Å². The molecule has 1 aromatic rings. The summed E-state index contributed by atoms with van der Waals surface area (Å²) in [4.78, 5) is 24.0. The Kier molecular flexibility index (Phi) is 1.49. The molecule has 1 heterocycles. The third-order valence-electron chi connectivity index (χ3n) is 0.942. The number of nitrogens with two attached hydrogens (primary N) is 1. The van der Waals surface area contributed by atoms with E-state index in [1.807, 2.05) is 0 Å². The minimum absolute atomic E-state index is 0.391. The molecule has 0 spiro atoms. The van der Waals surface area contributed by atoms with E-state index in [0.29, 0.717) is 0 Å². The number of aromatic nitrogens is 2. The Balaban J connectivity index is 3.12. The molecule has 0 radical (unpaired) electrons. The first-order valence-electron chi connectivity index (χ1n) is 2.54. The van der Waals surface area contributed by atoms with Crippen molar-refractivity contribution in [2.45, 2.75) is 0 Å². The third kappa shape index (κ3) is 1.19. The molecule has 0 aliphatic heterocycles. The first-order chi connectivity index (χ1) is 4.70. The molecule has 10 heavy (non-hydrogen) atoms. The van der Waals surface area contributed by atoms with Crippen molar-refractivity contribution in [1.82, 2.24) is 9.55 Å². The van der Waals surface area contributed by atoms with E-state index in [-0.39, 0.29) is 0 Å². The molecule has 5 heteroatoms. The normalized spacial score (nSPS) is 9.20. The van der Waals surface area contributed by atoms with Crippen LogP contribution < -0.4 is 11.3 Å². The molecule has 1 rings (SSSR count). The average molecular weight is 139 g/mol. The fraction of sp³-hybridized carbons (Fsp3) is 0. The second-order valence-corrected chi connectivity index (χ2v) is 1.64. The number of primary amides is 1. The Hall–Kier alpha value is -1.65. The lowest BCUT2D eigenvalue weighted by Crippen LogP contribution is -2.21. The van der Waals surface area contributed by atoms with Gasteiger partial charge in [-0.1, -0.05) is 0 Å². The van der Waals surface area contributed by atoms with Crippen LogP contribution in [0.15, 0.2) is 23.4 Å². The van der Waals surface area contributed by atoms with E-state index in [1.54, 1.807) is 0 Å². The van der Waals surface area contributed by atoms with Gasteiger partial charge in [-0.2, -0.15) is 4.98 Å². The Labute approximate surface area is 56.1 Å². The number of hydrogen-bond acceptors (Lipinski definition) is 3. The fourth-order valence-corrected chi connectivity index (χ4v) is 0.475. The SMILES string of the molecule is NC(=O)n1ccc(=O)nc1. The van der Waals surface area contributed by atoms with Crippen LogP contribution in [0.1, 0.15) is 0 Å². The fourth-order valence-electron chi connectivity index (χ4n) is 0.475. The summed E-state index contributed by atoms with van der Waals surface area (Å²) in [6.07, 6.45) is 2.34. The maximum absolute atomic E-state index is 10.4. The van der Waals surface area contributed by atoms with Crippen molar-refractivity contribution in [1.29, 1.82) is 0 Å². The average Bonchev–Trinajstić information content (AvgIpc) is 1.88. The number of carbonyl (C=O) groups excluding carboxylic acids is 1. The van der Waals surface area contributed by atoms with Gasteiger partial charge in [-0.3, -0.25) is 9.36 Å². The summed E-state index contributed by atoms with van der Waals surface area (Å²) in [5, 5.41) is 0. The molecule has 0 aliphatic carbocycles. The van der Waals surface area contributed by atoms with Gasteiger partial charge >= 0.3 is 6.03 Å². The minimum atomic E-state index is -0.660. The van der Waals surface area contributed by atoms with E-state index >= 15 is 0 Å². The molecular formula is C5H5N3O2. The monoisotopic (exact) mass is 139 g/mol. The number of nitrogens with zero attached hydrogens (tertiary/aromatic N) is 2. The summed E-state index contributed by atoms with van der Waals surface area (Å²) in [5.41, 5.74) is 4.45. The Bertz CT molecular complexity index is 284. The van der Waals surface area contributed by atoms with Crippen molar-refractivity contribution in [3.63, 3.8) is 0 Å². The molecular weight excluding hydrogens is 134 g/mol. The van der Waals surface area contributed by atoms with Gasteiger partial charge in [0.25, 0.3) is 5.56 Å². The predicted octanol–water partition coefficient (Wildman–Crippen LogP) is -0.830. The summed E-state index contributed by atoms with van der Waals surface area (Å²) in [6, 6.07) is 0.498. The van der Waals surface area contributed by atoms with Crippen molar-refractivity contribution in [3.05, 3.63) is 28.9 Å². The summed E-state index contributed by atoms with van der Waals surface area (Å²) in [6.45, 7) is 0. The van der Waals surface area contributed by atoms with Gasteiger partial charge in [-0.15, -0.1) is 0 Å². The number of amides is 1. The molecule has 52 valence electrons. The van der Waals surface area contributed by atoms with Gasteiger partial charge in [0.1, 0.15) is 6.33 Å². The highest BCUT2D eigenvalue weighted by Crippen LogP contribution is 1.75. The van der Waals surface area contributed by atoms with E-state index in [1.165, 1.54) is 6.20 Å². The number of rotatable bonds is 0. The lowest BCUT2D eigenvalue weighted by Gasteiger charge is -1.94. The molecule has 1 amide bonds. The van der Waals surface area contributed by atoms with Crippen LogP contribution in [0, 0.1) is 0 Å². The molecule has 0 unspecified atom stereocenters. The van der Waals surface area contributed by atoms with Gasteiger partial charge in [0.05, 0.1) is 0 Å². The molecule has 0 fully saturated rings. The quantitative estimate of drug-likeness (QED) is 0.509. The third-order valence-corrected chi connectivity index (χ3v) is 0.942. The van der Waals surface area contributed by atoms with Gasteiger partial charge in [-0.25, -0.2) is 4.79 Å². The van der Waals surface area contributed by atoms with Crippen LogP contribution in [0.3, 0.4) is 0 Å². The molecule has 0 atom stereocenters. The number of hydrogen-bond donors (Lipinski definition) is 1. The standard InChI is InChI=1S/C5H5N3O2/c6-5(10)8-2-1-4(9)7-3-8/h1-3H,(H2,6,10). The molecule has 0 aromatic carbocycles. The van der Waals surface area contributed by atoms with Gasteiger partial charge in [0.2, 0.25) is 0 Å². The van der Waals surface area contributed by atoms with E-state index in [4.69, 9.17) is 5.73 Å². The highest BCUT2D eigenvalue weighted by molar-refractivity contribution is 5.74. The molecule has 1 aromatic heterocycles. The lowest BCUT2D eigenvalue weighted by atomic mass is 10.6. The Morgan fingerprint density at radius 1 is 1.70 bits per heavy atom. The first kappa shape index (κ1) is 6.47. The second-order valence-electron chi connectivity index (χ2n) is 1.64. The van der Waals surface area contributed by atoms with Gasteiger partial charge in [-0.05, 0) is 0 Å². The van der Waals surface area contributed by atoms with Gasteiger partial charge in [0.15, 0.2) is 0 Å². The first-order valence-corrected chi connectivity index (χ1v) is 2.54. The van der Waals surface area contributed by atoms with Crippen LogP contribution >= 0.6 is 0 Å². The highest BCUT2D eigenvalue weighted by Gasteiger charge is 1.92. The topological polar surface area (TPSA) is 78.0 Å². The van der Waals surface area contributed by atoms with Crippen molar-refractivity contribution >= 4 is 6.03 Å². The zero-order valence-electron chi connectivity index (χ0n) is 5.02. The maximum Gasteiger partial charge on any atom is 0.324 e. The van der Waals surface area contributed by atoms with Crippen LogP contribution in [0.2, 0.25) is 0 Å². The molecule has 2 N–H and O–H groups in total. The van der Waals surface area contributed by atoms with Crippen molar-refractivity contribution < 1.29 is 4.79 Å². The van der Waals surface area contributed by atoms with Crippen LogP contribution in [0.5, 0.6) is 0 Å². The largest absolute Gasteiger partial charge is 0.351 e. The smallest absolute Gasteiger partial charge is 0.324 e. The lowest BCUT2D eigenvalue weighted by molar-refractivity contribution is 0.250. The highest BCUT2D eigenvalue weighted by atomic mass is 16.2. The second kappa shape index (κ2) is 2.30. The molecule has 0 bridgehead atoms. The van der Waals surface area contributed by atoms with Gasteiger partial charge < -0.3 is 5.73 Å². The summed E-state index contributed by atoms with van der Waals surface area (Å²) in [7, 11) is 0.